The minimum atomic E-state index is 0.283. The lowest BCUT2D eigenvalue weighted by Gasteiger charge is -2.16. The Kier molecular flexibility index (Phi) is 3.06. The molecule has 0 radical (unpaired) electrons. The molecule has 2 unspecified atom stereocenters. The third-order valence-corrected chi connectivity index (χ3v) is 2.82. The number of hydrogen-bond donors (Lipinski definition) is 2. The van der Waals surface area contributed by atoms with Crippen LogP contribution in [0.2, 0.25) is 0 Å². The van der Waals surface area contributed by atoms with Gasteiger partial charge in [-0.15, -0.1) is 6.58 Å². The Morgan fingerprint density at radius 2 is 2.31 bits per heavy atom. The van der Waals surface area contributed by atoms with Gasteiger partial charge in [-0.2, -0.15) is 0 Å². The summed E-state index contributed by atoms with van der Waals surface area (Å²) in [5, 5.41) is 4.64. The van der Waals surface area contributed by atoms with Crippen LogP contribution in [0.3, 0.4) is 0 Å². The van der Waals surface area contributed by atoms with Crippen LogP contribution in [0.15, 0.2) is 37.2 Å². The van der Waals surface area contributed by atoms with E-state index in [9.17, 15) is 0 Å². The maximum atomic E-state index is 4.28. The second-order valence-corrected chi connectivity index (χ2v) is 4.06. The zero-order chi connectivity index (χ0) is 11.5. The molecular weight excluding hydrogens is 198 g/mol. The van der Waals surface area contributed by atoms with E-state index in [1.54, 1.807) is 6.20 Å². The number of nitrogens with one attached hydrogen (secondary N) is 2. The minimum Gasteiger partial charge on any atom is -0.346 e. The molecule has 2 atom stereocenters. The van der Waals surface area contributed by atoms with Crippen LogP contribution in [0.25, 0.3) is 11.0 Å². The molecule has 2 aromatic rings. The molecule has 3 heteroatoms. The van der Waals surface area contributed by atoms with Gasteiger partial charge in [0.15, 0.2) is 0 Å². The molecule has 2 aromatic heterocycles. The summed E-state index contributed by atoms with van der Waals surface area (Å²) < 4.78 is 0. The normalized spacial score (nSPS) is 14.9. The predicted molar refractivity (Wildman–Crippen MR) is 67.3 cm³/mol. The van der Waals surface area contributed by atoms with E-state index in [1.165, 1.54) is 10.9 Å². The van der Waals surface area contributed by atoms with Crippen LogP contribution in [-0.2, 0) is 0 Å². The fourth-order valence-corrected chi connectivity index (χ4v) is 1.89. The van der Waals surface area contributed by atoms with E-state index in [0.29, 0.717) is 6.04 Å². The van der Waals surface area contributed by atoms with Gasteiger partial charge >= 0.3 is 0 Å². The quantitative estimate of drug-likeness (QED) is 0.770. The first-order valence-electron chi connectivity index (χ1n) is 5.53. The van der Waals surface area contributed by atoms with Crippen molar-refractivity contribution >= 4 is 11.0 Å². The van der Waals surface area contributed by atoms with Crippen LogP contribution >= 0.6 is 0 Å². The molecule has 0 aliphatic heterocycles. The lowest BCUT2D eigenvalue weighted by Crippen LogP contribution is -2.26. The average Bonchev–Trinajstić information content (AvgIpc) is 2.72. The van der Waals surface area contributed by atoms with Gasteiger partial charge in [-0.3, -0.25) is 0 Å². The van der Waals surface area contributed by atoms with Crippen molar-refractivity contribution in [3.8, 4) is 0 Å². The van der Waals surface area contributed by atoms with Gasteiger partial charge in [-0.1, -0.05) is 6.08 Å². The van der Waals surface area contributed by atoms with E-state index < -0.39 is 0 Å². The Hall–Kier alpha value is -1.61. The second kappa shape index (κ2) is 4.49. The number of H-pyrrole nitrogens is 1. The molecule has 0 aromatic carbocycles. The number of nitrogens with zero attached hydrogens (tertiary/aromatic N) is 1. The molecule has 84 valence electrons. The summed E-state index contributed by atoms with van der Waals surface area (Å²) in [6.07, 6.45) is 5.72. The Morgan fingerprint density at radius 3 is 3.06 bits per heavy atom. The number of fused-ring (bicyclic) bond motifs is 1. The molecule has 0 saturated heterocycles. The number of rotatable bonds is 4. The summed E-state index contributed by atoms with van der Waals surface area (Å²) in [5.74, 6) is 0. The zero-order valence-electron chi connectivity index (χ0n) is 9.70. The highest BCUT2D eigenvalue weighted by molar-refractivity contribution is 5.79. The summed E-state index contributed by atoms with van der Waals surface area (Å²) in [5.41, 5.74) is 2.19. The van der Waals surface area contributed by atoms with E-state index in [0.717, 1.165) is 5.65 Å². The summed E-state index contributed by atoms with van der Waals surface area (Å²) in [6.45, 7) is 8.02. The van der Waals surface area contributed by atoms with Gasteiger partial charge in [-0.05, 0) is 31.5 Å². The maximum absolute atomic E-state index is 4.28. The lowest BCUT2D eigenvalue weighted by molar-refractivity contribution is 0.540. The molecule has 16 heavy (non-hydrogen) atoms. The van der Waals surface area contributed by atoms with Gasteiger partial charge in [-0.25, -0.2) is 4.98 Å². The average molecular weight is 215 g/mol. The van der Waals surface area contributed by atoms with Gasteiger partial charge in [0.25, 0.3) is 0 Å². The van der Waals surface area contributed by atoms with Crippen LogP contribution in [0.4, 0.5) is 0 Å². The summed E-state index contributed by atoms with van der Waals surface area (Å²) >= 11 is 0. The largest absolute Gasteiger partial charge is 0.346 e. The van der Waals surface area contributed by atoms with Crippen molar-refractivity contribution in [2.75, 3.05) is 0 Å². The van der Waals surface area contributed by atoms with E-state index in [2.05, 4.69) is 41.8 Å². The molecule has 0 bridgehead atoms. The first kappa shape index (κ1) is 10.9. The fraction of sp³-hybridized carbons (Fsp3) is 0.308. The van der Waals surface area contributed by atoms with Crippen LogP contribution < -0.4 is 5.32 Å². The SMILES string of the molecule is C=CC(C)NC(C)c1c[nH]c2ncccc12. The molecule has 0 amide bonds. The topological polar surface area (TPSA) is 40.7 Å². The molecule has 0 saturated carbocycles. The summed E-state index contributed by atoms with van der Waals surface area (Å²) in [4.78, 5) is 7.46. The summed E-state index contributed by atoms with van der Waals surface area (Å²) in [6, 6.07) is 4.64. The van der Waals surface area contributed by atoms with Crippen molar-refractivity contribution in [3.63, 3.8) is 0 Å². The van der Waals surface area contributed by atoms with Crippen LogP contribution in [0.1, 0.15) is 25.5 Å². The Labute approximate surface area is 95.6 Å². The van der Waals surface area contributed by atoms with Crippen molar-refractivity contribution in [1.29, 1.82) is 0 Å². The van der Waals surface area contributed by atoms with Crippen molar-refractivity contribution in [2.45, 2.75) is 25.9 Å². The molecule has 0 aliphatic rings. The number of hydrogen-bond acceptors (Lipinski definition) is 2. The predicted octanol–water partition coefficient (Wildman–Crippen LogP) is 2.79. The third-order valence-electron chi connectivity index (χ3n) is 2.82. The minimum absolute atomic E-state index is 0.283. The molecule has 0 spiro atoms. The van der Waals surface area contributed by atoms with Gasteiger partial charge < -0.3 is 10.3 Å². The molecule has 2 heterocycles. The molecule has 2 N–H and O–H groups in total. The monoisotopic (exact) mass is 215 g/mol. The summed E-state index contributed by atoms with van der Waals surface area (Å²) in [7, 11) is 0. The van der Waals surface area contributed by atoms with E-state index in [4.69, 9.17) is 0 Å². The highest BCUT2D eigenvalue weighted by atomic mass is 14.9. The van der Waals surface area contributed by atoms with Crippen molar-refractivity contribution in [3.05, 3.63) is 42.7 Å². The smallest absolute Gasteiger partial charge is 0.137 e. The van der Waals surface area contributed by atoms with Crippen molar-refractivity contribution in [2.24, 2.45) is 0 Å². The van der Waals surface area contributed by atoms with Crippen LogP contribution in [-0.4, -0.2) is 16.0 Å². The number of pyridine rings is 1. The van der Waals surface area contributed by atoms with E-state index in [1.807, 2.05) is 18.3 Å². The fourth-order valence-electron chi connectivity index (χ4n) is 1.89. The van der Waals surface area contributed by atoms with E-state index in [-0.39, 0.29) is 6.04 Å². The highest BCUT2D eigenvalue weighted by Crippen LogP contribution is 2.22. The lowest BCUT2D eigenvalue weighted by atomic mass is 10.1. The Bertz CT molecular complexity index is 487. The molecule has 0 aliphatic carbocycles. The van der Waals surface area contributed by atoms with Crippen LogP contribution in [0.5, 0.6) is 0 Å². The second-order valence-electron chi connectivity index (χ2n) is 4.06. The van der Waals surface area contributed by atoms with Gasteiger partial charge in [0.2, 0.25) is 0 Å². The van der Waals surface area contributed by atoms with Gasteiger partial charge in [0.05, 0.1) is 0 Å². The third kappa shape index (κ3) is 1.99. The van der Waals surface area contributed by atoms with Gasteiger partial charge in [0.1, 0.15) is 5.65 Å². The first-order chi connectivity index (χ1) is 7.72. The van der Waals surface area contributed by atoms with E-state index >= 15 is 0 Å². The molecule has 0 fully saturated rings. The molecule has 3 nitrogen and oxygen atoms in total. The van der Waals surface area contributed by atoms with Crippen LogP contribution in [0, 0.1) is 0 Å². The zero-order valence-corrected chi connectivity index (χ0v) is 9.70. The molecular formula is C13H17N3. The molecule has 2 rings (SSSR count). The van der Waals surface area contributed by atoms with Crippen molar-refractivity contribution < 1.29 is 0 Å². The first-order valence-corrected chi connectivity index (χ1v) is 5.53. The Morgan fingerprint density at radius 1 is 1.50 bits per heavy atom. The van der Waals surface area contributed by atoms with Crippen molar-refractivity contribution in [1.82, 2.24) is 15.3 Å². The Balaban J connectivity index is 2.29. The van der Waals surface area contributed by atoms with Gasteiger partial charge in [0, 0.05) is 29.9 Å². The highest BCUT2D eigenvalue weighted by Gasteiger charge is 2.12. The maximum Gasteiger partial charge on any atom is 0.137 e. The number of aromatic amines is 1. The number of aromatic nitrogens is 2. The standard InChI is InChI=1S/C13H17N3/c1-4-9(2)16-10(3)12-8-15-13-11(12)6-5-7-14-13/h4-10,16H,1H2,2-3H3,(H,14,15).